The van der Waals surface area contributed by atoms with Gasteiger partial charge >= 0.3 is 0 Å². The summed E-state index contributed by atoms with van der Waals surface area (Å²) in [6.45, 7) is 3.76. The van der Waals surface area contributed by atoms with Crippen LogP contribution in [0.4, 0.5) is 0 Å². The third-order valence-electron chi connectivity index (χ3n) is 2.67. The van der Waals surface area contributed by atoms with E-state index in [9.17, 15) is 0 Å². The first-order chi connectivity index (χ1) is 6.84. The summed E-state index contributed by atoms with van der Waals surface area (Å²) in [6.07, 6.45) is 5.26. The first-order valence-corrected chi connectivity index (χ1v) is 5.21. The lowest BCUT2D eigenvalue weighted by Gasteiger charge is -2.21. The lowest BCUT2D eigenvalue weighted by Crippen LogP contribution is -2.18. The first kappa shape index (κ1) is 9.59. The van der Waals surface area contributed by atoms with Crippen molar-refractivity contribution in [2.24, 2.45) is 5.92 Å². The minimum atomic E-state index is 0.748. The number of hydrogen-bond acceptors (Lipinski definition) is 3. The van der Waals surface area contributed by atoms with Gasteiger partial charge in [0.25, 0.3) is 0 Å². The van der Waals surface area contributed by atoms with Crippen LogP contribution in [-0.4, -0.2) is 23.2 Å². The molecule has 0 saturated carbocycles. The second-order valence-electron chi connectivity index (χ2n) is 3.86. The molecule has 0 N–H and O–H groups in total. The van der Waals surface area contributed by atoms with Crippen LogP contribution in [0.1, 0.15) is 24.4 Å². The van der Waals surface area contributed by atoms with E-state index < -0.39 is 0 Å². The highest BCUT2D eigenvalue weighted by Crippen LogP contribution is 2.18. The van der Waals surface area contributed by atoms with Crippen LogP contribution in [-0.2, 0) is 11.2 Å². The van der Waals surface area contributed by atoms with Crippen LogP contribution in [0.25, 0.3) is 0 Å². The Labute approximate surface area is 84.5 Å². The van der Waals surface area contributed by atoms with E-state index in [0.717, 1.165) is 31.4 Å². The van der Waals surface area contributed by atoms with Crippen molar-refractivity contribution < 1.29 is 4.74 Å². The normalized spacial score (nSPS) is 18.4. The smallest absolute Gasteiger partial charge is 0.125 e. The Balaban J connectivity index is 1.95. The molecule has 0 aromatic carbocycles. The van der Waals surface area contributed by atoms with Gasteiger partial charge in [-0.15, -0.1) is 0 Å². The molecule has 1 aliphatic heterocycles. The van der Waals surface area contributed by atoms with Crippen LogP contribution < -0.4 is 0 Å². The van der Waals surface area contributed by atoms with E-state index >= 15 is 0 Å². The van der Waals surface area contributed by atoms with Crippen molar-refractivity contribution in [3.05, 3.63) is 23.8 Å². The quantitative estimate of drug-likeness (QED) is 0.716. The highest BCUT2D eigenvalue weighted by atomic mass is 16.5. The van der Waals surface area contributed by atoms with E-state index in [1.807, 2.05) is 19.2 Å². The number of aromatic nitrogens is 2. The van der Waals surface area contributed by atoms with Gasteiger partial charge in [0.1, 0.15) is 5.82 Å². The Morgan fingerprint density at radius 2 is 2.21 bits per heavy atom. The molecule has 0 atom stereocenters. The Bertz CT molecular complexity index is 295. The maximum Gasteiger partial charge on any atom is 0.125 e. The van der Waals surface area contributed by atoms with Gasteiger partial charge in [-0.1, -0.05) is 0 Å². The molecule has 0 bridgehead atoms. The largest absolute Gasteiger partial charge is 0.381 e. The summed E-state index contributed by atoms with van der Waals surface area (Å²) >= 11 is 0. The molecule has 0 aliphatic carbocycles. The molecule has 0 unspecified atom stereocenters. The predicted molar refractivity (Wildman–Crippen MR) is 54.0 cm³/mol. The second kappa shape index (κ2) is 4.51. The van der Waals surface area contributed by atoms with Gasteiger partial charge in [0.05, 0.1) is 0 Å². The lowest BCUT2D eigenvalue weighted by molar-refractivity contribution is 0.0662. The average Bonchev–Trinajstić information content (AvgIpc) is 2.19. The predicted octanol–water partition coefficient (Wildman–Crippen LogP) is 1.75. The summed E-state index contributed by atoms with van der Waals surface area (Å²) in [6, 6.07) is 2.02. The molecule has 2 rings (SSSR count). The highest BCUT2D eigenvalue weighted by Gasteiger charge is 2.14. The Kier molecular flexibility index (Phi) is 3.09. The molecule has 3 nitrogen and oxygen atoms in total. The summed E-state index contributed by atoms with van der Waals surface area (Å²) < 4.78 is 5.33. The minimum absolute atomic E-state index is 0.748. The fourth-order valence-corrected chi connectivity index (χ4v) is 1.87. The molecule has 14 heavy (non-hydrogen) atoms. The van der Waals surface area contributed by atoms with E-state index in [-0.39, 0.29) is 0 Å². The molecule has 1 aliphatic rings. The summed E-state index contributed by atoms with van der Waals surface area (Å²) in [5, 5.41) is 0. The van der Waals surface area contributed by atoms with Gasteiger partial charge in [0.2, 0.25) is 0 Å². The van der Waals surface area contributed by atoms with Gasteiger partial charge in [-0.2, -0.15) is 0 Å². The average molecular weight is 192 g/mol. The fraction of sp³-hybridized carbons (Fsp3) is 0.636. The molecule has 1 saturated heterocycles. The second-order valence-corrected chi connectivity index (χ2v) is 3.86. The molecule has 1 aromatic heterocycles. The van der Waals surface area contributed by atoms with E-state index in [1.165, 1.54) is 18.5 Å². The number of aryl methyl sites for hydroxylation is 1. The van der Waals surface area contributed by atoms with Gasteiger partial charge in [0.15, 0.2) is 0 Å². The van der Waals surface area contributed by atoms with Gasteiger partial charge < -0.3 is 4.74 Å². The Hall–Kier alpha value is -0.960. The van der Waals surface area contributed by atoms with Gasteiger partial charge in [-0.3, -0.25) is 0 Å². The zero-order chi connectivity index (χ0) is 9.80. The molecule has 2 heterocycles. The van der Waals surface area contributed by atoms with Crippen molar-refractivity contribution in [2.75, 3.05) is 13.2 Å². The van der Waals surface area contributed by atoms with Crippen molar-refractivity contribution in [3.63, 3.8) is 0 Å². The fourth-order valence-electron chi connectivity index (χ4n) is 1.87. The van der Waals surface area contributed by atoms with Crippen molar-refractivity contribution in [1.82, 2.24) is 9.97 Å². The standard InChI is InChI=1S/C11H16N2O/c1-9-12-5-2-11(13-9)8-10-3-6-14-7-4-10/h2,5,10H,3-4,6-8H2,1H3. The summed E-state index contributed by atoms with van der Waals surface area (Å²) in [5.74, 6) is 1.62. The maximum atomic E-state index is 5.33. The molecule has 0 spiro atoms. The topological polar surface area (TPSA) is 35.0 Å². The maximum absolute atomic E-state index is 5.33. The van der Waals surface area contributed by atoms with Gasteiger partial charge in [-0.25, -0.2) is 9.97 Å². The van der Waals surface area contributed by atoms with E-state index in [2.05, 4.69) is 9.97 Å². The number of nitrogens with zero attached hydrogens (tertiary/aromatic N) is 2. The molecule has 0 amide bonds. The number of ether oxygens (including phenoxy) is 1. The van der Waals surface area contributed by atoms with E-state index in [4.69, 9.17) is 4.74 Å². The van der Waals surface area contributed by atoms with Gasteiger partial charge in [0, 0.05) is 25.1 Å². The van der Waals surface area contributed by atoms with E-state index in [1.54, 1.807) is 0 Å². The van der Waals surface area contributed by atoms with Crippen molar-refractivity contribution in [3.8, 4) is 0 Å². The van der Waals surface area contributed by atoms with E-state index in [0.29, 0.717) is 0 Å². The van der Waals surface area contributed by atoms with Crippen LogP contribution >= 0.6 is 0 Å². The third-order valence-corrected chi connectivity index (χ3v) is 2.67. The molecular formula is C11H16N2O. The molecular weight excluding hydrogens is 176 g/mol. The SMILES string of the molecule is Cc1nccc(CC2CCOCC2)n1. The molecule has 0 radical (unpaired) electrons. The van der Waals surface area contributed by atoms with Crippen LogP contribution in [0.3, 0.4) is 0 Å². The summed E-state index contributed by atoms with van der Waals surface area (Å²) in [5.41, 5.74) is 1.17. The van der Waals surface area contributed by atoms with Crippen LogP contribution in [0, 0.1) is 12.8 Å². The Morgan fingerprint density at radius 1 is 1.43 bits per heavy atom. The zero-order valence-electron chi connectivity index (χ0n) is 8.57. The molecule has 3 heteroatoms. The Morgan fingerprint density at radius 3 is 2.93 bits per heavy atom. The van der Waals surface area contributed by atoms with Crippen molar-refractivity contribution in [2.45, 2.75) is 26.2 Å². The van der Waals surface area contributed by atoms with Crippen molar-refractivity contribution >= 4 is 0 Å². The minimum Gasteiger partial charge on any atom is -0.381 e. The highest BCUT2D eigenvalue weighted by molar-refractivity contribution is 5.02. The first-order valence-electron chi connectivity index (χ1n) is 5.21. The molecule has 1 fully saturated rings. The molecule has 1 aromatic rings. The lowest BCUT2D eigenvalue weighted by atomic mass is 9.95. The third kappa shape index (κ3) is 2.51. The summed E-state index contributed by atoms with van der Waals surface area (Å²) in [4.78, 5) is 8.51. The summed E-state index contributed by atoms with van der Waals surface area (Å²) in [7, 11) is 0. The molecule has 76 valence electrons. The number of hydrogen-bond donors (Lipinski definition) is 0. The number of rotatable bonds is 2. The van der Waals surface area contributed by atoms with Gasteiger partial charge in [-0.05, 0) is 38.2 Å². The zero-order valence-corrected chi connectivity index (χ0v) is 8.57. The van der Waals surface area contributed by atoms with Crippen LogP contribution in [0.2, 0.25) is 0 Å². The van der Waals surface area contributed by atoms with Crippen molar-refractivity contribution in [1.29, 1.82) is 0 Å². The monoisotopic (exact) mass is 192 g/mol. The van der Waals surface area contributed by atoms with Crippen LogP contribution in [0.15, 0.2) is 12.3 Å². The van der Waals surface area contributed by atoms with Crippen LogP contribution in [0.5, 0.6) is 0 Å².